The second-order valence-corrected chi connectivity index (χ2v) is 5.36. The van der Waals surface area contributed by atoms with Gasteiger partial charge in [0, 0.05) is 5.69 Å². The first-order valence-electron chi connectivity index (χ1n) is 8.11. The van der Waals surface area contributed by atoms with E-state index in [9.17, 15) is 0 Å². The van der Waals surface area contributed by atoms with Crippen molar-refractivity contribution in [3.8, 4) is 0 Å². The van der Waals surface area contributed by atoms with Gasteiger partial charge in [-0.1, -0.05) is 45.0 Å². The van der Waals surface area contributed by atoms with E-state index >= 15 is 0 Å². The van der Waals surface area contributed by atoms with Gasteiger partial charge in [0.1, 0.15) is 0 Å². The summed E-state index contributed by atoms with van der Waals surface area (Å²) >= 11 is 0. The van der Waals surface area contributed by atoms with Gasteiger partial charge in [0.15, 0.2) is 0 Å². The molecule has 3 nitrogen and oxygen atoms in total. The SMILES string of the molecule is CCNCCc1ccccc1Cn1nc(CC)cc1CC. The molecule has 0 radical (unpaired) electrons. The van der Waals surface area contributed by atoms with Crippen molar-refractivity contribution < 1.29 is 0 Å². The fourth-order valence-corrected chi connectivity index (χ4v) is 2.63. The summed E-state index contributed by atoms with van der Waals surface area (Å²) in [5.74, 6) is 0. The van der Waals surface area contributed by atoms with Crippen molar-refractivity contribution in [1.82, 2.24) is 15.1 Å². The molecule has 0 saturated carbocycles. The molecule has 2 rings (SSSR count). The molecule has 3 heteroatoms. The first-order valence-corrected chi connectivity index (χ1v) is 8.11. The third-order valence-electron chi connectivity index (χ3n) is 3.90. The largest absolute Gasteiger partial charge is 0.317 e. The smallest absolute Gasteiger partial charge is 0.0665 e. The highest BCUT2D eigenvalue weighted by atomic mass is 15.3. The monoisotopic (exact) mass is 285 g/mol. The molecule has 0 bridgehead atoms. The predicted octanol–water partition coefficient (Wildman–Crippen LogP) is 3.21. The number of rotatable bonds is 8. The zero-order valence-corrected chi connectivity index (χ0v) is 13.5. The molecule has 0 saturated heterocycles. The van der Waals surface area contributed by atoms with E-state index in [-0.39, 0.29) is 0 Å². The van der Waals surface area contributed by atoms with Crippen molar-refractivity contribution in [2.75, 3.05) is 13.1 Å². The Balaban J connectivity index is 2.17. The minimum atomic E-state index is 0.880. The van der Waals surface area contributed by atoms with E-state index in [2.05, 4.69) is 61.1 Å². The van der Waals surface area contributed by atoms with Crippen LogP contribution >= 0.6 is 0 Å². The summed E-state index contributed by atoms with van der Waals surface area (Å²) in [6, 6.07) is 11.0. The Hall–Kier alpha value is -1.61. The van der Waals surface area contributed by atoms with E-state index in [1.54, 1.807) is 0 Å². The van der Waals surface area contributed by atoms with Crippen LogP contribution in [0.3, 0.4) is 0 Å². The topological polar surface area (TPSA) is 29.9 Å². The second-order valence-electron chi connectivity index (χ2n) is 5.36. The maximum absolute atomic E-state index is 4.73. The normalized spacial score (nSPS) is 11.0. The minimum Gasteiger partial charge on any atom is -0.317 e. The molecule has 1 aromatic carbocycles. The Kier molecular flexibility index (Phi) is 6.00. The standard InChI is InChI=1S/C18H27N3/c1-4-17-13-18(5-2)21(20-17)14-16-10-8-7-9-15(16)11-12-19-6-3/h7-10,13,19H,4-6,11-12,14H2,1-3H3. The first-order chi connectivity index (χ1) is 10.3. The molecule has 0 atom stereocenters. The van der Waals surface area contributed by atoms with Crippen LogP contribution in [0.1, 0.15) is 43.3 Å². The lowest BCUT2D eigenvalue weighted by atomic mass is 10.0. The lowest BCUT2D eigenvalue weighted by molar-refractivity contribution is 0.632. The third kappa shape index (κ3) is 4.18. The zero-order chi connectivity index (χ0) is 15.1. The Morgan fingerprint density at radius 3 is 2.48 bits per heavy atom. The molecule has 2 aromatic rings. The average Bonchev–Trinajstić information content (AvgIpc) is 2.91. The van der Waals surface area contributed by atoms with E-state index in [1.165, 1.54) is 22.5 Å². The van der Waals surface area contributed by atoms with Crippen molar-refractivity contribution in [2.24, 2.45) is 0 Å². The fourth-order valence-electron chi connectivity index (χ4n) is 2.63. The molecule has 0 unspecified atom stereocenters. The molecular formula is C18H27N3. The predicted molar refractivity (Wildman–Crippen MR) is 88.8 cm³/mol. The maximum Gasteiger partial charge on any atom is 0.0665 e. The van der Waals surface area contributed by atoms with E-state index in [4.69, 9.17) is 5.10 Å². The highest BCUT2D eigenvalue weighted by Gasteiger charge is 2.08. The summed E-state index contributed by atoms with van der Waals surface area (Å²) in [4.78, 5) is 0. The van der Waals surface area contributed by atoms with Gasteiger partial charge >= 0.3 is 0 Å². The Morgan fingerprint density at radius 2 is 1.81 bits per heavy atom. The van der Waals surface area contributed by atoms with Crippen LogP contribution in [0.5, 0.6) is 0 Å². The van der Waals surface area contributed by atoms with Crippen LogP contribution in [-0.4, -0.2) is 22.9 Å². The summed E-state index contributed by atoms with van der Waals surface area (Å²) in [5.41, 5.74) is 5.33. The van der Waals surface area contributed by atoms with Gasteiger partial charge in [-0.15, -0.1) is 0 Å². The number of nitrogens with one attached hydrogen (secondary N) is 1. The maximum atomic E-state index is 4.73. The summed E-state index contributed by atoms with van der Waals surface area (Å²) in [6.07, 6.45) is 3.11. The molecule has 0 aliphatic carbocycles. The molecule has 21 heavy (non-hydrogen) atoms. The van der Waals surface area contributed by atoms with Crippen LogP contribution in [0.15, 0.2) is 30.3 Å². The molecule has 0 aliphatic rings. The third-order valence-corrected chi connectivity index (χ3v) is 3.90. The summed E-state index contributed by atoms with van der Waals surface area (Å²) in [7, 11) is 0. The summed E-state index contributed by atoms with van der Waals surface area (Å²) < 4.78 is 2.17. The Morgan fingerprint density at radius 1 is 1.05 bits per heavy atom. The molecule has 0 amide bonds. The van der Waals surface area contributed by atoms with Gasteiger partial charge < -0.3 is 5.32 Å². The van der Waals surface area contributed by atoms with Gasteiger partial charge in [-0.05, 0) is 49.5 Å². The fraction of sp³-hybridized carbons (Fsp3) is 0.500. The van der Waals surface area contributed by atoms with Crippen LogP contribution in [0, 0.1) is 0 Å². The van der Waals surface area contributed by atoms with E-state index in [1.807, 2.05) is 0 Å². The van der Waals surface area contributed by atoms with Gasteiger partial charge in [0.25, 0.3) is 0 Å². The number of likely N-dealkylation sites (N-methyl/N-ethyl adjacent to an activating group) is 1. The van der Waals surface area contributed by atoms with Crippen LogP contribution < -0.4 is 5.32 Å². The highest BCUT2D eigenvalue weighted by Crippen LogP contribution is 2.14. The minimum absolute atomic E-state index is 0.880. The number of aromatic nitrogens is 2. The van der Waals surface area contributed by atoms with Gasteiger partial charge in [-0.3, -0.25) is 4.68 Å². The molecular weight excluding hydrogens is 258 g/mol. The second kappa shape index (κ2) is 7.99. The van der Waals surface area contributed by atoms with Crippen LogP contribution in [0.4, 0.5) is 0 Å². The average molecular weight is 285 g/mol. The lowest BCUT2D eigenvalue weighted by Gasteiger charge is -2.12. The van der Waals surface area contributed by atoms with E-state index in [0.717, 1.165) is 38.9 Å². The number of aryl methyl sites for hydroxylation is 2. The number of hydrogen-bond donors (Lipinski definition) is 1. The lowest BCUT2D eigenvalue weighted by Crippen LogP contribution is -2.17. The van der Waals surface area contributed by atoms with E-state index < -0.39 is 0 Å². The Labute approximate surface area is 128 Å². The number of hydrogen-bond acceptors (Lipinski definition) is 2. The zero-order valence-electron chi connectivity index (χ0n) is 13.5. The summed E-state index contributed by atoms with van der Waals surface area (Å²) in [5, 5.41) is 8.13. The molecule has 0 fully saturated rings. The quantitative estimate of drug-likeness (QED) is 0.755. The highest BCUT2D eigenvalue weighted by molar-refractivity contribution is 5.28. The van der Waals surface area contributed by atoms with Gasteiger partial charge in [-0.2, -0.15) is 5.10 Å². The van der Waals surface area contributed by atoms with Gasteiger partial charge in [0.05, 0.1) is 12.2 Å². The van der Waals surface area contributed by atoms with Crippen molar-refractivity contribution >= 4 is 0 Å². The molecule has 1 aromatic heterocycles. The molecule has 1 heterocycles. The molecule has 0 spiro atoms. The van der Waals surface area contributed by atoms with Crippen molar-refractivity contribution in [3.05, 3.63) is 52.8 Å². The van der Waals surface area contributed by atoms with Gasteiger partial charge in [-0.25, -0.2) is 0 Å². The van der Waals surface area contributed by atoms with Crippen LogP contribution in [0.25, 0.3) is 0 Å². The number of benzene rings is 1. The molecule has 114 valence electrons. The number of nitrogens with zero attached hydrogens (tertiary/aromatic N) is 2. The first kappa shape index (κ1) is 15.8. The van der Waals surface area contributed by atoms with Crippen LogP contribution in [0.2, 0.25) is 0 Å². The van der Waals surface area contributed by atoms with Crippen LogP contribution in [-0.2, 0) is 25.8 Å². The van der Waals surface area contributed by atoms with E-state index in [0.29, 0.717) is 0 Å². The van der Waals surface area contributed by atoms with Crippen molar-refractivity contribution in [1.29, 1.82) is 0 Å². The van der Waals surface area contributed by atoms with Gasteiger partial charge in [0.2, 0.25) is 0 Å². The molecule has 1 N–H and O–H groups in total. The summed E-state index contributed by atoms with van der Waals surface area (Å²) in [6.45, 7) is 9.45. The Bertz CT molecular complexity index is 557. The molecule has 0 aliphatic heterocycles. The van der Waals surface area contributed by atoms with Crippen molar-refractivity contribution in [2.45, 2.75) is 46.6 Å². The van der Waals surface area contributed by atoms with Crippen molar-refractivity contribution in [3.63, 3.8) is 0 Å².